The number of aliphatic hydroxyl groups excluding tert-OH is 1. The highest BCUT2D eigenvalue weighted by Gasteiger charge is 2.31. The number of carbonyl (C=O) groups is 1. The van der Waals surface area contributed by atoms with Gasteiger partial charge in [-0.15, -0.1) is 13.2 Å². The molecule has 0 unspecified atom stereocenters. The van der Waals surface area contributed by atoms with Gasteiger partial charge in [0.15, 0.2) is 0 Å². The summed E-state index contributed by atoms with van der Waals surface area (Å²) in [5, 5.41) is 12.2. The van der Waals surface area contributed by atoms with Crippen molar-refractivity contribution in [3.05, 3.63) is 35.9 Å². The van der Waals surface area contributed by atoms with Crippen LogP contribution in [0.2, 0.25) is 0 Å². The highest BCUT2D eigenvalue weighted by atomic mass is 19.4. The lowest BCUT2D eigenvalue weighted by atomic mass is 9.93. The van der Waals surface area contributed by atoms with E-state index in [2.05, 4.69) is 10.1 Å². The molecule has 0 atom stereocenters. The molecule has 0 aromatic heterocycles. The molecule has 1 aromatic rings. The van der Waals surface area contributed by atoms with E-state index in [1.165, 1.54) is 30.4 Å². The zero-order valence-electron chi connectivity index (χ0n) is 12.3. The standard InChI is InChI=1S/C16H18F3NO3/c17-16(18,19)23-14-4-2-1-3-11(14)5-10-15(22)20-12-6-8-13(21)9-7-12/h1-5,10,12-13,21H,6-9H2,(H,20,22)/b10-5-. The Balaban J connectivity index is 1.95. The zero-order chi connectivity index (χ0) is 16.9. The fraction of sp³-hybridized carbons (Fsp3) is 0.438. The average Bonchev–Trinajstić information content (AvgIpc) is 2.47. The Labute approximate surface area is 132 Å². The van der Waals surface area contributed by atoms with Gasteiger partial charge in [-0.1, -0.05) is 18.2 Å². The summed E-state index contributed by atoms with van der Waals surface area (Å²) >= 11 is 0. The minimum atomic E-state index is -4.78. The summed E-state index contributed by atoms with van der Waals surface area (Å²) in [6, 6.07) is 5.59. The summed E-state index contributed by atoms with van der Waals surface area (Å²) in [4.78, 5) is 11.8. The number of para-hydroxylation sites is 1. The Kier molecular flexibility index (Phi) is 5.65. The highest BCUT2D eigenvalue weighted by molar-refractivity contribution is 5.92. The topological polar surface area (TPSA) is 58.6 Å². The van der Waals surface area contributed by atoms with Crippen molar-refractivity contribution in [1.82, 2.24) is 5.32 Å². The largest absolute Gasteiger partial charge is 0.573 e. The molecule has 1 amide bonds. The molecule has 0 heterocycles. The first-order valence-corrected chi connectivity index (χ1v) is 7.35. The van der Waals surface area contributed by atoms with Crippen molar-refractivity contribution in [3.8, 4) is 5.75 Å². The van der Waals surface area contributed by atoms with Crippen molar-refractivity contribution >= 4 is 12.0 Å². The van der Waals surface area contributed by atoms with E-state index < -0.39 is 6.36 Å². The lowest BCUT2D eigenvalue weighted by molar-refractivity contribution is -0.274. The fourth-order valence-electron chi connectivity index (χ4n) is 2.47. The number of amides is 1. The maximum absolute atomic E-state index is 12.3. The molecule has 0 bridgehead atoms. The Morgan fingerprint density at radius 3 is 2.52 bits per heavy atom. The third-order valence-corrected chi connectivity index (χ3v) is 3.60. The molecule has 1 fully saturated rings. The van der Waals surface area contributed by atoms with Crippen LogP contribution in [-0.2, 0) is 4.79 Å². The van der Waals surface area contributed by atoms with Crippen LogP contribution in [0.3, 0.4) is 0 Å². The van der Waals surface area contributed by atoms with Gasteiger partial charge >= 0.3 is 6.36 Å². The smallest absolute Gasteiger partial charge is 0.405 e. The molecule has 0 aliphatic heterocycles. The van der Waals surface area contributed by atoms with E-state index in [0.29, 0.717) is 25.7 Å². The lowest BCUT2D eigenvalue weighted by Gasteiger charge is -2.25. The summed E-state index contributed by atoms with van der Waals surface area (Å²) in [6.07, 6.45) is 0.0223. The van der Waals surface area contributed by atoms with Crippen LogP contribution in [0.4, 0.5) is 13.2 Å². The molecule has 1 saturated carbocycles. The number of ether oxygens (including phenoxy) is 1. The second-order valence-corrected chi connectivity index (χ2v) is 5.43. The number of rotatable bonds is 4. The molecule has 4 nitrogen and oxygen atoms in total. The van der Waals surface area contributed by atoms with Crippen molar-refractivity contribution in [2.75, 3.05) is 0 Å². The third kappa shape index (κ3) is 5.94. The zero-order valence-corrected chi connectivity index (χ0v) is 12.3. The Hall–Kier alpha value is -2.02. The van der Waals surface area contributed by atoms with Gasteiger partial charge in [-0.25, -0.2) is 0 Å². The van der Waals surface area contributed by atoms with E-state index in [4.69, 9.17) is 0 Å². The minimum absolute atomic E-state index is 0.0165. The van der Waals surface area contributed by atoms with Crippen LogP contribution in [0.5, 0.6) is 5.75 Å². The van der Waals surface area contributed by atoms with Gasteiger partial charge in [0.1, 0.15) is 5.75 Å². The number of alkyl halides is 3. The minimum Gasteiger partial charge on any atom is -0.405 e. The van der Waals surface area contributed by atoms with Gasteiger partial charge in [0.05, 0.1) is 6.10 Å². The first-order valence-electron chi connectivity index (χ1n) is 7.35. The molecule has 2 N–H and O–H groups in total. The van der Waals surface area contributed by atoms with E-state index in [1.54, 1.807) is 6.07 Å². The second kappa shape index (κ2) is 7.50. The first-order chi connectivity index (χ1) is 10.8. The molecular weight excluding hydrogens is 311 g/mol. The van der Waals surface area contributed by atoms with Crippen LogP contribution in [0.1, 0.15) is 31.2 Å². The van der Waals surface area contributed by atoms with E-state index in [0.717, 1.165) is 0 Å². The Morgan fingerprint density at radius 1 is 1.22 bits per heavy atom. The number of nitrogens with one attached hydrogen (secondary N) is 1. The molecular formula is C16H18F3NO3. The lowest BCUT2D eigenvalue weighted by Crippen LogP contribution is -2.37. The first kappa shape index (κ1) is 17.3. The second-order valence-electron chi connectivity index (χ2n) is 5.43. The van der Waals surface area contributed by atoms with Gasteiger partial charge in [-0.3, -0.25) is 4.79 Å². The Morgan fingerprint density at radius 2 is 1.87 bits per heavy atom. The molecule has 1 aromatic carbocycles. The maximum atomic E-state index is 12.3. The number of carbonyl (C=O) groups excluding carboxylic acids is 1. The third-order valence-electron chi connectivity index (χ3n) is 3.60. The number of halogens is 3. The average molecular weight is 329 g/mol. The van der Waals surface area contributed by atoms with Crippen LogP contribution in [-0.4, -0.2) is 29.5 Å². The van der Waals surface area contributed by atoms with Gasteiger partial charge in [0, 0.05) is 17.7 Å². The molecule has 0 saturated heterocycles. The van der Waals surface area contributed by atoms with Crippen LogP contribution in [0.15, 0.2) is 30.3 Å². The van der Waals surface area contributed by atoms with Gasteiger partial charge in [-0.05, 0) is 37.8 Å². The van der Waals surface area contributed by atoms with E-state index >= 15 is 0 Å². The monoisotopic (exact) mass is 329 g/mol. The van der Waals surface area contributed by atoms with E-state index in [-0.39, 0.29) is 29.4 Å². The van der Waals surface area contributed by atoms with E-state index in [1.807, 2.05) is 0 Å². The van der Waals surface area contributed by atoms with Crippen molar-refractivity contribution in [2.45, 2.75) is 44.2 Å². The highest BCUT2D eigenvalue weighted by Crippen LogP contribution is 2.27. The molecule has 1 aliphatic rings. The van der Waals surface area contributed by atoms with Gasteiger partial charge in [-0.2, -0.15) is 0 Å². The van der Waals surface area contributed by atoms with Crippen molar-refractivity contribution in [3.63, 3.8) is 0 Å². The van der Waals surface area contributed by atoms with Gasteiger partial charge < -0.3 is 15.2 Å². The predicted molar refractivity (Wildman–Crippen MR) is 78.6 cm³/mol. The van der Waals surface area contributed by atoms with Crippen LogP contribution >= 0.6 is 0 Å². The quantitative estimate of drug-likeness (QED) is 0.835. The normalized spacial score (nSPS) is 22.1. The summed E-state index contributed by atoms with van der Waals surface area (Å²) in [5.41, 5.74) is 0.166. The number of benzene rings is 1. The molecule has 23 heavy (non-hydrogen) atoms. The Bertz CT molecular complexity index is 564. The van der Waals surface area contributed by atoms with Crippen LogP contribution in [0.25, 0.3) is 6.08 Å². The van der Waals surface area contributed by atoms with E-state index in [9.17, 15) is 23.1 Å². The molecule has 7 heteroatoms. The van der Waals surface area contributed by atoms with Crippen LogP contribution in [0, 0.1) is 0 Å². The molecule has 1 aliphatic carbocycles. The summed E-state index contributed by atoms with van der Waals surface area (Å²) < 4.78 is 40.9. The summed E-state index contributed by atoms with van der Waals surface area (Å²) in [6.45, 7) is 0. The summed E-state index contributed by atoms with van der Waals surface area (Å²) in [7, 11) is 0. The molecule has 2 rings (SSSR count). The number of hydrogen-bond acceptors (Lipinski definition) is 3. The van der Waals surface area contributed by atoms with Crippen molar-refractivity contribution in [1.29, 1.82) is 0 Å². The summed E-state index contributed by atoms with van der Waals surface area (Å²) in [5.74, 6) is -0.738. The molecule has 0 radical (unpaired) electrons. The maximum Gasteiger partial charge on any atom is 0.573 e. The fourth-order valence-corrected chi connectivity index (χ4v) is 2.47. The molecule has 126 valence electrons. The van der Waals surface area contributed by atoms with Gasteiger partial charge in [0.25, 0.3) is 0 Å². The van der Waals surface area contributed by atoms with Crippen molar-refractivity contribution < 1.29 is 27.8 Å². The number of hydrogen-bond donors (Lipinski definition) is 2. The van der Waals surface area contributed by atoms with Crippen molar-refractivity contribution in [2.24, 2.45) is 0 Å². The van der Waals surface area contributed by atoms with Crippen LogP contribution < -0.4 is 10.1 Å². The SMILES string of the molecule is O=C(/C=C\c1ccccc1OC(F)(F)F)NC1CCC(O)CC1. The molecule has 0 spiro atoms. The van der Waals surface area contributed by atoms with Gasteiger partial charge in [0.2, 0.25) is 5.91 Å². The predicted octanol–water partition coefficient (Wildman–Crippen LogP) is 3.02. The number of aliphatic hydroxyl groups is 1.